The molecule has 1 aliphatic heterocycles. The molecule has 0 aromatic heterocycles. The first-order valence-corrected chi connectivity index (χ1v) is 7.02. The van der Waals surface area contributed by atoms with E-state index >= 15 is 0 Å². The van der Waals surface area contributed by atoms with Crippen molar-refractivity contribution in [1.82, 2.24) is 0 Å². The van der Waals surface area contributed by atoms with E-state index in [1.807, 2.05) is 12.1 Å². The van der Waals surface area contributed by atoms with Crippen LogP contribution in [-0.2, 0) is 0 Å². The van der Waals surface area contributed by atoms with Crippen LogP contribution in [0.4, 0.5) is 5.69 Å². The summed E-state index contributed by atoms with van der Waals surface area (Å²) in [6.45, 7) is 4.38. The average Bonchev–Trinajstić information content (AvgIpc) is 2.78. The van der Waals surface area contributed by atoms with Crippen molar-refractivity contribution < 1.29 is 5.21 Å². The number of hydrogen-bond acceptors (Lipinski definition) is 3. The van der Waals surface area contributed by atoms with Crippen molar-refractivity contribution in [3.8, 4) is 0 Å². The van der Waals surface area contributed by atoms with Crippen LogP contribution >= 0.6 is 11.6 Å². The molecule has 1 saturated heterocycles. The van der Waals surface area contributed by atoms with E-state index in [1.54, 1.807) is 6.07 Å². The summed E-state index contributed by atoms with van der Waals surface area (Å²) in [7, 11) is 0. The lowest BCUT2D eigenvalue weighted by atomic mass is 10.1. The van der Waals surface area contributed by atoms with E-state index in [0.717, 1.165) is 24.1 Å². The van der Waals surface area contributed by atoms with Crippen LogP contribution in [0.2, 0.25) is 5.02 Å². The molecule has 3 N–H and O–H groups in total. The molecule has 0 spiro atoms. The summed E-state index contributed by atoms with van der Waals surface area (Å²) >= 11 is 6.11. The molecule has 0 radical (unpaired) electrons. The first-order valence-electron chi connectivity index (χ1n) is 6.64. The number of nitrogens with zero attached hydrogens (tertiary/aromatic N) is 2. The number of benzene rings is 1. The summed E-state index contributed by atoms with van der Waals surface area (Å²) < 4.78 is 0. The van der Waals surface area contributed by atoms with Crippen LogP contribution in [0.5, 0.6) is 0 Å². The quantitative estimate of drug-likeness (QED) is 0.387. The van der Waals surface area contributed by atoms with Crippen LogP contribution in [-0.4, -0.2) is 23.1 Å². The van der Waals surface area contributed by atoms with Crippen LogP contribution in [0.25, 0.3) is 0 Å². The molecule has 1 fully saturated rings. The number of rotatable bonds is 3. The Balaban J connectivity index is 2.50. The summed E-state index contributed by atoms with van der Waals surface area (Å²) in [5.74, 6) is 0.126. The van der Waals surface area contributed by atoms with Crippen molar-refractivity contribution in [2.24, 2.45) is 10.9 Å². The Morgan fingerprint density at radius 1 is 1.53 bits per heavy atom. The maximum atomic E-state index is 8.93. The van der Waals surface area contributed by atoms with E-state index in [1.165, 1.54) is 6.42 Å². The zero-order valence-corrected chi connectivity index (χ0v) is 12.1. The molecule has 0 aliphatic carbocycles. The summed E-state index contributed by atoms with van der Waals surface area (Å²) in [5, 5.41) is 12.7. The van der Waals surface area contributed by atoms with Crippen molar-refractivity contribution in [2.45, 2.75) is 45.2 Å². The fourth-order valence-electron chi connectivity index (χ4n) is 2.90. The van der Waals surface area contributed by atoms with E-state index in [2.05, 4.69) is 23.9 Å². The molecule has 1 aromatic rings. The van der Waals surface area contributed by atoms with Gasteiger partial charge in [0.1, 0.15) is 0 Å². The van der Waals surface area contributed by atoms with Gasteiger partial charge in [-0.3, -0.25) is 0 Å². The van der Waals surface area contributed by atoms with Crippen molar-refractivity contribution in [2.75, 3.05) is 4.90 Å². The monoisotopic (exact) mass is 281 g/mol. The fraction of sp³-hybridized carbons (Fsp3) is 0.500. The highest BCUT2D eigenvalue weighted by Gasteiger charge is 2.31. The zero-order valence-electron chi connectivity index (χ0n) is 11.3. The predicted molar refractivity (Wildman–Crippen MR) is 79.2 cm³/mol. The first kappa shape index (κ1) is 14.0. The lowest BCUT2D eigenvalue weighted by Crippen LogP contribution is -2.36. The van der Waals surface area contributed by atoms with E-state index in [-0.39, 0.29) is 5.84 Å². The molecule has 0 bridgehead atoms. The molecule has 0 saturated carbocycles. The van der Waals surface area contributed by atoms with Gasteiger partial charge < -0.3 is 15.8 Å². The Morgan fingerprint density at radius 3 is 2.89 bits per heavy atom. The van der Waals surface area contributed by atoms with Crippen LogP contribution in [0.3, 0.4) is 0 Å². The second-order valence-electron chi connectivity index (χ2n) is 5.04. The maximum Gasteiger partial charge on any atom is 0.172 e. The lowest BCUT2D eigenvalue weighted by Gasteiger charge is -2.32. The average molecular weight is 282 g/mol. The van der Waals surface area contributed by atoms with Gasteiger partial charge in [-0.15, -0.1) is 0 Å². The molecule has 1 aromatic carbocycles. The molecule has 4 nitrogen and oxygen atoms in total. The molecule has 2 rings (SSSR count). The Morgan fingerprint density at radius 2 is 2.26 bits per heavy atom. The molecular weight excluding hydrogens is 262 g/mol. The summed E-state index contributed by atoms with van der Waals surface area (Å²) in [6, 6.07) is 6.40. The van der Waals surface area contributed by atoms with Crippen LogP contribution in [0.1, 0.15) is 38.7 Å². The third-order valence-electron chi connectivity index (χ3n) is 3.88. The summed E-state index contributed by atoms with van der Waals surface area (Å²) in [4.78, 5) is 2.35. The minimum Gasteiger partial charge on any atom is -0.409 e. The zero-order chi connectivity index (χ0) is 14.0. The molecule has 1 aliphatic rings. The molecule has 19 heavy (non-hydrogen) atoms. The van der Waals surface area contributed by atoms with Gasteiger partial charge >= 0.3 is 0 Å². The Hall–Kier alpha value is -1.42. The number of halogens is 1. The molecule has 2 unspecified atom stereocenters. The SMILES string of the molecule is CCC1CCC(C)N1c1cc(Cl)ccc1/C(N)=N/O. The highest BCUT2D eigenvalue weighted by Crippen LogP contribution is 2.35. The second-order valence-corrected chi connectivity index (χ2v) is 5.48. The van der Waals surface area contributed by atoms with E-state index in [4.69, 9.17) is 22.5 Å². The van der Waals surface area contributed by atoms with Gasteiger partial charge in [-0.2, -0.15) is 0 Å². The molecule has 104 valence electrons. The van der Waals surface area contributed by atoms with Gasteiger partial charge in [0.2, 0.25) is 0 Å². The van der Waals surface area contributed by atoms with Gasteiger partial charge in [0.05, 0.1) is 0 Å². The van der Waals surface area contributed by atoms with E-state index in [0.29, 0.717) is 17.1 Å². The first-order chi connectivity index (χ1) is 9.08. The topological polar surface area (TPSA) is 61.8 Å². The smallest absolute Gasteiger partial charge is 0.172 e. The van der Waals surface area contributed by atoms with Crippen LogP contribution < -0.4 is 10.6 Å². The summed E-state index contributed by atoms with van der Waals surface area (Å²) in [6.07, 6.45) is 3.40. The molecule has 0 amide bonds. The minimum atomic E-state index is 0.126. The van der Waals surface area contributed by atoms with Crippen molar-refractivity contribution in [1.29, 1.82) is 0 Å². The van der Waals surface area contributed by atoms with Gasteiger partial charge in [-0.25, -0.2) is 0 Å². The largest absolute Gasteiger partial charge is 0.409 e. The van der Waals surface area contributed by atoms with Crippen molar-refractivity contribution in [3.63, 3.8) is 0 Å². The second kappa shape index (κ2) is 5.70. The molecule has 1 heterocycles. The normalized spacial score (nSPS) is 23.9. The number of nitrogens with two attached hydrogens (primary N) is 1. The van der Waals surface area contributed by atoms with Gasteiger partial charge in [0, 0.05) is 28.4 Å². The number of hydrogen-bond donors (Lipinski definition) is 2. The number of oxime groups is 1. The summed E-state index contributed by atoms with van der Waals surface area (Å²) in [5.41, 5.74) is 7.47. The fourth-order valence-corrected chi connectivity index (χ4v) is 3.06. The van der Waals surface area contributed by atoms with Gasteiger partial charge in [-0.1, -0.05) is 23.7 Å². The molecule has 5 heteroatoms. The van der Waals surface area contributed by atoms with Gasteiger partial charge in [0.15, 0.2) is 5.84 Å². The van der Waals surface area contributed by atoms with Gasteiger partial charge in [0.25, 0.3) is 0 Å². The van der Waals surface area contributed by atoms with E-state index in [9.17, 15) is 0 Å². The Bertz CT molecular complexity index is 490. The molecular formula is C14H20ClN3O. The predicted octanol–water partition coefficient (Wildman–Crippen LogP) is 3.20. The number of amidine groups is 1. The third kappa shape index (κ3) is 2.63. The lowest BCUT2D eigenvalue weighted by molar-refractivity contribution is 0.318. The Kier molecular flexibility index (Phi) is 4.20. The number of anilines is 1. The van der Waals surface area contributed by atoms with Crippen LogP contribution in [0.15, 0.2) is 23.4 Å². The Labute approximate surface area is 118 Å². The van der Waals surface area contributed by atoms with Crippen LogP contribution in [0, 0.1) is 0 Å². The maximum absolute atomic E-state index is 8.93. The van der Waals surface area contributed by atoms with Crippen molar-refractivity contribution in [3.05, 3.63) is 28.8 Å². The standard InChI is InChI=1S/C14H20ClN3O/c1-3-11-6-4-9(2)18(11)13-8-10(15)5-7-12(13)14(16)17-19/h5,7-9,11,19H,3-4,6H2,1-2H3,(H2,16,17). The third-order valence-corrected chi connectivity index (χ3v) is 4.11. The highest BCUT2D eigenvalue weighted by atomic mass is 35.5. The highest BCUT2D eigenvalue weighted by molar-refractivity contribution is 6.31. The van der Waals surface area contributed by atoms with E-state index < -0.39 is 0 Å². The van der Waals surface area contributed by atoms with Gasteiger partial charge in [-0.05, 0) is 44.4 Å². The molecule has 2 atom stereocenters. The van der Waals surface area contributed by atoms with Crippen molar-refractivity contribution >= 4 is 23.1 Å². The minimum absolute atomic E-state index is 0.126.